The number of likely N-dealkylation sites (tertiary alicyclic amines) is 1. The number of aryl methyl sites for hydroxylation is 3. The molecule has 116 valence electrons. The predicted octanol–water partition coefficient (Wildman–Crippen LogP) is 2.37. The van der Waals surface area contributed by atoms with E-state index in [0.717, 1.165) is 48.6 Å². The number of fused-ring (bicyclic) bond motifs is 1. The average molecular weight is 310 g/mol. The van der Waals surface area contributed by atoms with Gasteiger partial charge in [0.15, 0.2) is 5.65 Å². The molecule has 1 saturated heterocycles. The van der Waals surface area contributed by atoms with Crippen LogP contribution in [0.15, 0.2) is 0 Å². The minimum atomic E-state index is 0.485. The summed E-state index contributed by atoms with van der Waals surface area (Å²) in [6, 6.07) is 0.485. The molecular weight excluding hydrogens is 286 g/mol. The Hall–Kier alpha value is -1.07. The quantitative estimate of drug-likeness (QED) is 0.817. The minimum absolute atomic E-state index is 0.485. The van der Waals surface area contributed by atoms with Gasteiger partial charge in [-0.3, -0.25) is 4.68 Å². The van der Waals surface area contributed by atoms with E-state index >= 15 is 0 Å². The molecule has 0 radical (unpaired) electrons. The smallest absolute Gasteiger partial charge is 0.158 e. The third-order valence-electron chi connectivity index (χ3n) is 4.62. The number of alkyl halides is 1. The van der Waals surface area contributed by atoms with Crippen LogP contribution >= 0.6 is 11.6 Å². The first-order valence-electron chi connectivity index (χ1n) is 7.67. The molecule has 2 unspecified atom stereocenters. The monoisotopic (exact) mass is 309 g/mol. The molecule has 3 heterocycles. The Bertz CT molecular complexity index is 644. The van der Waals surface area contributed by atoms with Crippen molar-refractivity contribution in [2.45, 2.75) is 32.7 Å². The standard InChI is InChI=1S/C15H24ClN5/c1-10-9-19(3)8-6-12(10)21-13(5-7-16)17-14-11(2)18-20(4)15(14)21/h10,12H,5-9H2,1-4H3. The highest BCUT2D eigenvalue weighted by Crippen LogP contribution is 2.33. The molecule has 5 nitrogen and oxygen atoms in total. The molecule has 2 atom stereocenters. The van der Waals surface area contributed by atoms with Gasteiger partial charge in [0.1, 0.15) is 11.3 Å². The Morgan fingerprint density at radius 2 is 2.10 bits per heavy atom. The normalized spacial score (nSPS) is 24.0. The Labute approximate surface area is 130 Å². The highest BCUT2D eigenvalue weighted by molar-refractivity contribution is 6.17. The van der Waals surface area contributed by atoms with Gasteiger partial charge in [-0.25, -0.2) is 4.98 Å². The number of nitrogens with zero attached hydrogens (tertiary/aromatic N) is 5. The van der Waals surface area contributed by atoms with E-state index in [1.165, 1.54) is 0 Å². The van der Waals surface area contributed by atoms with Gasteiger partial charge >= 0.3 is 0 Å². The summed E-state index contributed by atoms with van der Waals surface area (Å²) in [7, 11) is 4.21. The molecule has 0 spiro atoms. The number of imidazole rings is 1. The molecule has 1 fully saturated rings. The van der Waals surface area contributed by atoms with Crippen molar-refractivity contribution >= 4 is 22.8 Å². The topological polar surface area (TPSA) is 38.9 Å². The Kier molecular flexibility index (Phi) is 3.97. The highest BCUT2D eigenvalue weighted by Gasteiger charge is 2.30. The lowest BCUT2D eigenvalue weighted by Crippen LogP contribution is -2.38. The van der Waals surface area contributed by atoms with Crippen molar-refractivity contribution in [1.82, 2.24) is 24.2 Å². The number of hydrogen-bond acceptors (Lipinski definition) is 3. The van der Waals surface area contributed by atoms with Crippen molar-refractivity contribution in [3.63, 3.8) is 0 Å². The number of rotatable bonds is 3. The van der Waals surface area contributed by atoms with E-state index in [1.807, 2.05) is 18.7 Å². The third-order valence-corrected chi connectivity index (χ3v) is 4.81. The zero-order valence-corrected chi connectivity index (χ0v) is 14.1. The van der Waals surface area contributed by atoms with Crippen molar-refractivity contribution < 1.29 is 0 Å². The van der Waals surface area contributed by atoms with Gasteiger partial charge in [-0.15, -0.1) is 11.6 Å². The molecule has 0 amide bonds. The Balaban J connectivity index is 2.12. The molecular formula is C15H24ClN5. The minimum Gasteiger partial charge on any atom is -0.309 e. The van der Waals surface area contributed by atoms with E-state index in [1.54, 1.807) is 0 Å². The van der Waals surface area contributed by atoms with Crippen LogP contribution in [-0.2, 0) is 13.5 Å². The fourth-order valence-corrected chi connectivity index (χ4v) is 3.84. The largest absolute Gasteiger partial charge is 0.309 e. The molecule has 0 aliphatic carbocycles. The molecule has 21 heavy (non-hydrogen) atoms. The molecule has 0 aromatic carbocycles. The molecule has 0 saturated carbocycles. The van der Waals surface area contributed by atoms with E-state index in [9.17, 15) is 0 Å². The number of piperidine rings is 1. The van der Waals surface area contributed by atoms with E-state index in [-0.39, 0.29) is 0 Å². The van der Waals surface area contributed by atoms with Gasteiger partial charge in [0.2, 0.25) is 0 Å². The van der Waals surface area contributed by atoms with Crippen LogP contribution in [0.4, 0.5) is 0 Å². The van der Waals surface area contributed by atoms with Crippen LogP contribution in [-0.4, -0.2) is 50.2 Å². The maximum Gasteiger partial charge on any atom is 0.158 e. The van der Waals surface area contributed by atoms with E-state index in [2.05, 4.69) is 28.5 Å². The van der Waals surface area contributed by atoms with Crippen LogP contribution in [0.5, 0.6) is 0 Å². The van der Waals surface area contributed by atoms with Gasteiger partial charge in [-0.05, 0) is 32.9 Å². The van der Waals surface area contributed by atoms with Gasteiger partial charge in [-0.1, -0.05) is 6.92 Å². The van der Waals surface area contributed by atoms with Crippen LogP contribution in [0.25, 0.3) is 11.2 Å². The predicted molar refractivity (Wildman–Crippen MR) is 86.0 cm³/mol. The molecule has 2 aromatic heterocycles. The summed E-state index contributed by atoms with van der Waals surface area (Å²) < 4.78 is 4.38. The summed E-state index contributed by atoms with van der Waals surface area (Å²) in [5, 5.41) is 4.54. The maximum atomic E-state index is 6.00. The lowest BCUT2D eigenvalue weighted by molar-refractivity contribution is 0.158. The van der Waals surface area contributed by atoms with Crippen molar-refractivity contribution in [1.29, 1.82) is 0 Å². The molecule has 2 aromatic rings. The second-order valence-corrected chi connectivity index (χ2v) is 6.69. The number of halogens is 1. The molecule has 0 bridgehead atoms. The fraction of sp³-hybridized carbons (Fsp3) is 0.733. The van der Waals surface area contributed by atoms with Crippen LogP contribution < -0.4 is 0 Å². The first kappa shape index (κ1) is 14.9. The van der Waals surface area contributed by atoms with Crippen molar-refractivity contribution in [2.24, 2.45) is 13.0 Å². The first-order chi connectivity index (χ1) is 10.0. The lowest BCUT2D eigenvalue weighted by Gasteiger charge is -2.36. The summed E-state index contributed by atoms with van der Waals surface area (Å²) in [5.74, 6) is 2.32. The second-order valence-electron chi connectivity index (χ2n) is 6.31. The van der Waals surface area contributed by atoms with Crippen molar-refractivity contribution in [2.75, 3.05) is 26.0 Å². The highest BCUT2D eigenvalue weighted by atomic mass is 35.5. The second kappa shape index (κ2) is 5.61. The lowest BCUT2D eigenvalue weighted by atomic mass is 9.93. The third kappa shape index (κ3) is 2.46. The van der Waals surface area contributed by atoms with Crippen LogP contribution in [0.1, 0.15) is 30.9 Å². The average Bonchev–Trinajstić information content (AvgIpc) is 2.90. The molecule has 6 heteroatoms. The van der Waals surface area contributed by atoms with Gasteiger partial charge < -0.3 is 9.47 Å². The van der Waals surface area contributed by atoms with Crippen LogP contribution in [0, 0.1) is 12.8 Å². The SMILES string of the molecule is Cc1nn(C)c2c1nc(CCCl)n2C1CCN(C)CC1C. The number of aromatic nitrogens is 4. The van der Waals surface area contributed by atoms with E-state index in [0.29, 0.717) is 17.8 Å². The van der Waals surface area contributed by atoms with Gasteiger partial charge in [-0.2, -0.15) is 5.10 Å². The zero-order valence-electron chi connectivity index (χ0n) is 13.3. The van der Waals surface area contributed by atoms with Gasteiger partial charge in [0.05, 0.1) is 5.69 Å². The van der Waals surface area contributed by atoms with Crippen molar-refractivity contribution in [3.05, 3.63) is 11.5 Å². The summed E-state index contributed by atoms with van der Waals surface area (Å²) in [6.45, 7) is 6.62. The van der Waals surface area contributed by atoms with Gasteiger partial charge in [0.25, 0.3) is 0 Å². The summed E-state index contributed by atoms with van der Waals surface area (Å²) >= 11 is 6.00. The van der Waals surface area contributed by atoms with Gasteiger partial charge in [0, 0.05) is 31.9 Å². The number of hydrogen-bond donors (Lipinski definition) is 0. The maximum absolute atomic E-state index is 6.00. The van der Waals surface area contributed by atoms with E-state index < -0.39 is 0 Å². The summed E-state index contributed by atoms with van der Waals surface area (Å²) in [6.07, 6.45) is 1.97. The molecule has 3 rings (SSSR count). The Morgan fingerprint density at radius 3 is 2.76 bits per heavy atom. The van der Waals surface area contributed by atoms with Crippen LogP contribution in [0.3, 0.4) is 0 Å². The zero-order chi connectivity index (χ0) is 15.1. The van der Waals surface area contributed by atoms with Crippen molar-refractivity contribution in [3.8, 4) is 0 Å². The molecule has 0 N–H and O–H groups in total. The summed E-state index contributed by atoms with van der Waals surface area (Å²) in [5.41, 5.74) is 3.18. The first-order valence-corrected chi connectivity index (χ1v) is 8.21. The van der Waals surface area contributed by atoms with Crippen LogP contribution in [0.2, 0.25) is 0 Å². The fourth-order valence-electron chi connectivity index (χ4n) is 3.68. The molecule has 1 aliphatic rings. The summed E-state index contributed by atoms with van der Waals surface area (Å²) in [4.78, 5) is 7.24. The van der Waals surface area contributed by atoms with E-state index in [4.69, 9.17) is 16.6 Å². The Morgan fingerprint density at radius 1 is 1.33 bits per heavy atom. The molecule has 1 aliphatic heterocycles.